The summed E-state index contributed by atoms with van der Waals surface area (Å²) in [6.07, 6.45) is 6.02. The van der Waals surface area contributed by atoms with Gasteiger partial charge in [-0.1, -0.05) is 18.1 Å². The molecule has 0 spiro atoms. The van der Waals surface area contributed by atoms with Crippen molar-refractivity contribution in [2.45, 2.75) is 51.7 Å². The van der Waals surface area contributed by atoms with Gasteiger partial charge in [-0.3, -0.25) is 4.79 Å². The molecule has 1 aliphatic carbocycles. The maximum Gasteiger partial charge on any atom is 0.325 e. The summed E-state index contributed by atoms with van der Waals surface area (Å²) in [6, 6.07) is 0.231. The van der Waals surface area contributed by atoms with Crippen molar-refractivity contribution in [1.29, 1.82) is 0 Å². The molecule has 8 nitrogen and oxygen atoms in total. The van der Waals surface area contributed by atoms with E-state index in [2.05, 4.69) is 15.6 Å². The molecule has 1 heterocycles. The van der Waals surface area contributed by atoms with Gasteiger partial charge in [0.15, 0.2) is 0 Å². The van der Waals surface area contributed by atoms with Gasteiger partial charge in [-0.05, 0) is 19.8 Å². The first-order valence-electron chi connectivity index (χ1n) is 7.25. The van der Waals surface area contributed by atoms with Crippen molar-refractivity contribution in [3.05, 3.63) is 11.9 Å². The summed E-state index contributed by atoms with van der Waals surface area (Å²) in [5, 5.41) is 19.0. The van der Waals surface area contributed by atoms with E-state index in [-0.39, 0.29) is 19.1 Å². The van der Waals surface area contributed by atoms with E-state index in [1.807, 2.05) is 11.8 Å². The van der Waals surface area contributed by atoms with E-state index in [1.165, 1.54) is 23.7 Å². The maximum absolute atomic E-state index is 12.2. The van der Waals surface area contributed by atoms with Crippen LogP contribution in [0.25, 0.3) is 0 Å². The predicted octanol–water partition coefficient (Wildman–Crippen LogP) is 0.837. The van der Waals surface area contributed by atoms with Gasteiger partial charge in [0.1, 0.15) is 12.2 Å². The van der Waals surface area contributed by atoms with Crippen LogP contribution in [0.5, 0.6) is 0 Å². The number of carbonyl (C=O) groups is 2. The molecule has 21 heavy (non-hydrogen) atoms. The molecule has 1 aromatic rings. The summed E-state index contributed by atoms with van der Waals surface area (Å²) >= 11 is 0. The van der Waals surface area contributed by atoms with Crippen molar-refractivity contribution in [1.82, 2.24) is 25.2 Å². The molecule has 0 aliphatic heterocycles. The summed E-state index contributed by atoms with van der Waals surface area (Å²) in [5.74, 6) is -0.978. The molecule has 0 unspecified atom stereocenters. The first-order valence-corrected chi connectivity index (χ1v) is 7.25. The van der Waals surface area contributed by atoms with Crippen LogP contribution in [0.2, 0.25) is 0 Å². The van der Waals surface area contributed by atoms with Crippen LogP contribution in [-0.4, -0.2) is 49.6 Å². The second kappa shape index (κ2) is 7.05. The van der Waals surface area contributed by atoms with Gasteiger partial charge >= 0.3 is 12.0 Å². The molecular weight excluding hydrogens is 274 g/mol. The van der Waals surface area contributed by atoms with Gasteiger partial charge in [-0.25, -0.2) is 9.48 Å². The summed E-state index contributed by atoms with van der Waals surface area (Å²) < 4.78 is 1.23. The van der Waals surface area contributed by atoms with Crippen LogP contribution < -0.4 is 5.32 Å². The Kier molecular flexibility index (Phi) is 5.13. The van der Waals surface area contributed by atoms with Crippen molar-refractivity contribution in [2.24, 2.45) is 0 Å². The van der Waals surface area contributed by atoms with Gasteiger partial charge in [-0.2, -0.15) is 0 Å². The highest BCUT2D eigenvalue weighted by molar-refractivity contribution is 5.74. The molecule has 1 fully saturated rings. The molecule has 0 atom stereocenters. The zero-order valence-electron chi connectivity index (χ0n) is 12.2. The van der Waals surface area contributed by atoms with Crippen LogP contribution in [0.4, 0.5) is 4.79 Å². The van der Waals surface area contributed by atoms with Gasteiger partial charge in [0.05, 0.1) is 12.7 Å². The van der Waals surface area contributed by atoms with Gasteiger partial charge < -0.3 is 15.3 Å². The average Bonchev–Trinajstić information content (AvgIpc) is 3.08. The smallest absolute Gasteiger partial charge is 0.325 e. The fourth-order valence-corrected chi connectivity index (χ4v) is 2.69. The average molecular weight is 295 g/mol. The Morgan fingerprint density at radius 2 is 2.19 bits per heavy atom. The lowest BCUT2D eigenvalue weighted by Gasteiger charge is -2.27. The molecule has 116 valence electrons. The highest BCUT2D eigenvalue weighted by Crippen LogP contribution is 2.23. The molecule has 2 amide bonds. The number of carbonyl (C=O) groups excluding carboxylic acids is 1. The third-order valence-corrected chi connectivity index (χ3v) is 3.67. The molecule has 0 radical (unpaired) electrons. The number of aliphatic carboxylic acids is 1. The van der Waals surface area contributed by atoms with Crippen molar-refractivity contribution < 1.29 is 14.7 Å². The number of hydrogen-bond donors (Lipinski definition) is 2. The molecule has 1 aliphatic rings. The normalized spacial score (nSPS) is 15.1. The molecular formula is C13H21N5O3. The van der Waals surface area contributed by atoms with E-state index in [9.17, 15) is 9.59 Å². The minimum absolute atomic E-state index is 0.0998. The van der Waals surface area contributed by atoms with Crippen LogP contribution in [-0.2, 0) is 17.9 Å². The third kappa shape index (κ3) is 4.17. The van der Waals surface area contributed by atoms with E-state index in [1.54, 1.807) is 0 Å². The summed E-state index contributed by atoms with van der Waals surface area (Å²) in [5.41, 5.74) is 0.548. The summed E-state index contributed by atoms with van der Waals surface area (Å²) in [4.78, 5) is 24.6. The first-order chi connectivity index (χ1) is 10.1. The number of carboxylic acids is 1. The lowest BCUT2D eigenvalue weighted by atomic mass is 10.2. The Hall–Kier alpha value is -2.12. The molecule has 2 rings (SSSR count). The number of carboxylic acid groups (broad SMARTS) is 1. The zero-order chi connectivity index (χ0) is 15.2. The molecule has 1 saturated carbocycles. The highest BCUT2D eigenvalue weighted by Gasteiger charge is 2.25. The lowest BCUT2D eigenvalue weighted by Crippen LogP contribution is -2.44. The second-order valence-electron chi connectivity index (χ2n) is 5.18. The SMILES string of the molecule is CCN(C(=O)NCc1cn(CC(=O)O)nn1)C1CCCC1. The fourth-order valence-electron chi connectivity index (χ4n) is 2.69. The van der Waals surface area contributed by atoms with Crippen LogP contribution in [0.15, 0.2) is 6.20 Å². The minimum atomic E-state index is -0.978. The predicted molar refractivity (Wildman–Crippen MR) is 74.5 cm³/mol. The topological polar surface area (TPSA) is 100 Å². The van der Waals surface area contributed by atoms with Crippen LogP contribution >= 0.6 is 0 Å². The van der Waals surface area contributed by atoms with Gasteiger partial charge in [0, 0.05) is 12.6 Å². The molecule has 0 bridgehead atoms. The van der Waals surface area contributed by atoms with E-state index in [0.717, 1.165) is 12.8 Å². The van der Waals surface area contributed by atoms with Crippen LogP contribution in [0.1, 0.15) is 38.3 Å². The van der Waals surface area contributed by atoms with E-state index < -0.39 is 5.97 Å². The minimum Gasteiger partial charge on any atom is -0.480 e. The second-order valence-corrected chi connectivity index (χ2v) is 5.18. The molecule has 0 aromatic carbocycles. The van der Waals surface area contributed by atoms with E-state index in [0.29, 0.717) is 18.3 Å². The van der Waals surface area contributed by atoms with E-state index >= 15 is 0 Å². The Morgan fingerprint density at radius 3 is 2.81 bits per heavy atom. The zero-order valence-corrected chi connectivity index (χ0v) is 12.2. The molecule has 2 N–H and O–H groups in total. The largest absolute Gasteiger partial charge is 0.480 e. The number of urea groups is 1. The third-order valence-electron chi connectivity index (χ3n) is 3.67. The number of hydrogen-bond acceptors (Lipinski definition) is 4. The highest BCUT2D eigenvalue weighted by atomic mass is 16.4. The van der Waals surface area contributed by atoms with Crippen molar-refractivity contribution in [2.75, 3.05) is 6.54 Å². The van der Waals surface area contributed by atoms with Gasteiger partial charge in [0.25, 0.3) is 0 Å². The summed E-state index contributed by atoms with van der Waals surface area (Å²) in [6.45, 7) is 2.68. The quantitative estimate of drug-likeness (QED) is 0.810. The molecule has 1 aromatic heterocycles. The number of aromatic nitrogens is 3. The number of rotatable bonds is 6. The Bertz CT molecular complexity index is 496. The van der Waals surface area contributed by atoms with Gasteiger partial charge in [0.2, 0.25) is 0 Å². The maximum atomic E-state index is 12.2. The lowest BCUT2D eigenvalue weighted by molar-refractivity contribution is -0.137. The summed E-state index contributed by atoms with van der Waals surface area (Å²) in [7, 11) is 0. The van der Waals surface area contributed by atoms with Crippen molar-refractivity contribution in [3.8, 4) is 0 Å². The van der Waals surface area contributed by atoms with Gasteiger partial charge in [-0.15, -0.1) is 5.10 Å². The monoisotopic (exact) mass is 295 g/mol. The van der Waals surface area contributed by atoms with Crippen molar-refractivity contribution >= 4 is 12.0 Å². The fraction of sp³-hybridized carbons (Fsp3) is 0.692. The molecule has 8 heteroatoms. The Morgan fingerprint density at radius 1 is 1.48 bits per heavy atom. The number of nitrogens with zero attached hydrogens (tertiary/aromatic N) is 4. The van der Waals surface area contributed by atoms with Crippen molar-refractivity contribution in [3.63, 3.8) is 0 Å². The Balaban J connectivity index is 1.84. The number of amides is 2. The molecule has 0 saturated heterocycles. The first kappa shape index (κ1) is 15.3. The standard InChI is InChI=1S/C13H21N5O3/c1-2-18(11-5-3-4-6-11)13(21)14-7-10-8-17(16-15-10)9-12(19)20/h8,11H,2-7,9H2,1H3,(H,14,21)(H,19,20). The van der Waals surface area contributed by atoms with E-state index in [4.69, 9.17) is 5.11 Å². The van der Waals surface area contributed by atoms with Crippen LogP contribution in [0.3, 0.4) is 0 Å². The number of nitrogens with one attached hydrogen (secondary N) is 1. The van der Waals surface area contributed by atoms with Crippen LogP contribution in [0, 0.1) is 0 Å². The Labute approximate surface area is 123 Å².